The van der Waals surface area contributed by atoms with Crippen molar-refractivity contribution in [2.75, 3.05) is 0 Å². The first kappa shape index (κ1) is 30.0. The lowest BCUT2D eigenvalue weighted by Gasteiger charge is -2.30. The highest BCUT2D eigenvalue weighted by Crippen LogP contribution is 2.42. The molecule has 1 unspecified atom stereocenters. The van der Waals surface area contributed by atoms with Crippen LogP contribution in [0, 0.1) is 5.41 Å². The third-order valence-electron chi connectivity index (χ3n) is 7.48. The Morgan fingerprint density at radius 1 is 0.780 bits per heavy atom. The zero-order chi connectivity index (χ0) is 29.3. The van der Waals surface area contributed by atoms with Crippen LogP contribution in [0.15, 0.2) is 84.9 Å². The van der Waals surface area contributed by atoms with Gasteiger partial charge in [-0.3, -0.25) is 14.4 Å². The van der Waals surface area contributed by atoms with E-state index in [2.05, 4.69) is 29.6 Å². The van der Waals surface area contributed by atoms with Crippen molar-refractivity contribution in [3.8, 4) is 11.1 Å². The van der Waals surface area contributed by atoms with Crippen molar-refractivity contribution in [1.82, 2.24) is 5.32 Å². The normalized spacial score (nSPS) is 15.1. The molecule has 3 aromatic carbocycles. The summed E-state index contributed by atoms with van der Waals surface area (Å²) in [4.78, 5) is 39.5. The lowest BCUT2D eigenvalue weighted by Crippen LogP contribution is -2.47. The van der Waals surface area contributed by atoms with E-state index in [0.29, 0.717) is 19.3 Å². The Morgan fingerprint density at radius 2 is 1.37 bits per heavy atom. The molecular weight excluding hydrogens is 514 g/mol. The first-order chi connectivity index (χ1) is 19.6. The number of hydrogen-bond donors (Lipinski definition) is 1. The van der Waals surface area contributed by atoms with Crippen molar-refractivity contribution in [3.63, 3.8) is 0 Å². The van der Waals surface area contributed by atoms with Crippen LogP contribution in [0.3, 0.4) is 0 Å². The number of amides is 1. The minimum atomic E-state index is -0.836. The third kappa shape index (κ3) is 9.04. The summed E-state index contributed by atoms with van der Waals surface area (Å²) in [5, 5.41) is 3.14. The molecule has 41 heavy (non-hydrogen) atoms. The lowest BCUT2D eigenvalue weighted by atomic mass is 9.81. The van der Waals surface area contributed by atoms with Crippen LogP contribution in [0.4, 0.5) is 0 Å². The third-order valence-corrected chi connectivity index (χ3v) is 7.48. The minimum Gasteiger partial charge on any atom is -0.461 e. The summed E-state index contributed by atoms with van der Waals surface area (Å²) < 4.78 is 11.1. The molecule has 0 heterocycles. The number of carbonyl (C=O) groups excluding carboxylic acids is 3. The number of benzene rings is 3. The standard InChI is InChI=1S/C35H41NO5/c1-34(2,3)41-31(37)23-30(22-26-16-18-29(19-17-26)28-14-8-5-9-15-28)36-33(39)35(20-10-11-21-35)24-32(38)40-25-27-12-6-4-7-13-27/h4-9,12-19,30H,10-11,20-25H2,1-3H3,(H,36,39). The van der Waals surface area contributed by atoms with Crippen LogP contribution in [-0.4, -0.2) is 29.5 Å². The highest BCUT2D eigenvalue weighted by atomic mass is 16.6. The van der Waals surface area contributed by atoms with E-state index in [-0.39, 0.29) is 37.3 Å². The van der Waals surface area contributed by atoms with Crippen LogP contribution in [-0.2, 0) is 36.9 Å². The van der Waals surface area contributed by atoms with Gasteiger partial charge in [0.2, 0.25) is 5.91 Å². The summed E-state index contributed by atoms with van der Waals surface area (Å²) in [5.41, 5.74) is 2.67. The highest BCUT2D eigenvalue weighted by molar-refractivity contribution is 5.88. The van der Waals surface area contributed by atoms with Gasteiger partial charge in [-0.15, -0.1) is 0 Å². The predicted molar refractivity (Wildman–Crippen MR) is 160 cm³/mol. The van der Waals surface area contributed by atoms with Gasteiger partial charge in [0.05, 0.1) is 18.3 Å². The Morgan fingerprint density at radius 3 is 1.98 bits per heavy atom. The van der Waals surface area contributed by atoms with E-state index >= 15 is 0 Å². The summed E-state index contributed by atoms with van der Waals surface area (Å²) in [6.45, 7) is 5.66. The van der Waals surface area contributed by atoms with Gasteiger partial charge in [-0.05, 0) is 62.3 Å². The fourth-order valence-electron chi connectivity index (χ4n) is 5.45. The first-order valence-electron chi connectivity index (χ1n) is 14.5. The molecule has 1 aliphatic rings. The van der Waals surface area contributed by atoms with Gasteiger partial charge in [0.25, 0.3) is 0 Å². The molecule has 0 spiro atoms. The number of rotatable bonds is 11. The van der Waals surface area contributed by atoms with E-state index in [0.717, 1.165) is 35.1 Å². The Labute approximate surface area is 243 Å². The molecule has 0 saturated heterocycles. The fraction of sp³-hybridized carbons (Fsp3) is 0.400. The van der Waals surface area contributed by atoms with E-state index in [1.807, 2.05) is 81.4 Å². The van der Waals surface area contributed by atoms with Gasteiger partial charge in [0.15, 0.2) is 0 Å². The van der Waals surface area contributed by atoms with E-state index in [9.17, 15) is 14.4 Å². The van der Waals surface area contributed by atoms with Crippen LogP contribution < -0.4 is 5.32 Å². The predicted octanol–water partition coefficient (Wildman–Crippen LogP) is 6.81. The van der Waals surface area contributed by atoms with Crippen molar-refractivity contribution in [2.24, 2.45) is 5.41 Å². The topological polar surface area (TPSA) is 81.7 Å². The summed E-state index contributed by atoms with van der Waals surface area (Å²) in [7, 11) is 0. The molecule has 0 aromatic heterocycles. The fourth-order valence-corrected chi connectivity index (χ4v) is 5.45. The number of hydrogen-bond acceptors (Lipinski definition) is 5. The van der Waals surface area contributed by atoms with Crippen LogP contribution in [0.1, 0.15) is 70.4 Å². The Hall–Kier alpha value is -3.93. The van der Waals surface area contributed by atoms with E-state index in [4.69, 9.17) is 9.47 Å². The number of nitrogens with one attached hydrogen (secondary N) is 1. The van der Waals surface area contributed by atoms with Gasteiger partial charge < -0.3 is 14.8 Å². The van der Waals surface area contributed by atoms with Crippen molar-refractivity contribution in [3.05, 3.63) is 96.1 Å². The molecule has 1 amide bonds. The average molecular weight is 556 g/mol. The van der Waals surface area contributed by atoms with Gasteiger partial charge in [-0.1, -0.05) is 97.8 Å². The molecular formula is C35H41NO5. The SMILES string of the molecule is CC(C)(C)OC(=O)CC(Cc1ccc(-c2ccccc2)cc1)NC(=O)C1(CC(=O)OCc2ccccc2)CCCC1. The van der Waals surface area contributed by atoms with Gasteiger partial charge in [0.1, 0.15) is 12.2 Å². The molecule has 6 heteroatoms. The summed E-state index contributed by atoms with van der Waals surface area (Å²) in [6.07, 6.45) is 3.51. The summed E-state index contributed by atoms with van der Waals surface area (Å²) in [6, 6.07) is 27.3. The maximum absolute atomic E-state index is 13.8. The molecule has 4 rings (SSSR count). The molecule has 1 saturated carbocycles. The molecule has 0 radical (unpaired) electrons. The smallest absolute Gasteiger partial charge is 0.308 e. The maximum Gasteiger partial charge on any atom is 0.308 e. The van der Waals surface area contributed by atoms with Crippen molar-refractivity contribution < 1.29 is 23.9 Å². The van der Waals surface area contributed by atoms with Gasteiger partial charge in [0, 0.05) is 6.04 Å². The lowest BCUT2D eigenvalue weighted by molar-refractivity contribution is -0.156. The number of carbonyl (C=O) groups is 3. The second-order valence-electron chi connectivity index (χ2n) is 12.0. The Bertz CT molecular complexity index is 1290. The highest BCUT2D eigenvalue weighted by Gasteiger charge is 2.44. The largest absolute Gasteiger partial charge is 0.461 e. The van der Waals surface area contributed by atoms with Crippen molar-refractivity contribution in [2.45, 2.75) is 84.0 Å². The average Bonchev–Trinajstić information content (AvgIpc) is 3.42. The Balaban J connectivity index is 1.46. The van der Waals surface area contributed by atoms with Gasteiger partial charge in [-0.25, -0.2) is 0 Å². The van der Waals surface area contributed by atoms with Crippen LogP contribution in [0.2, 0.25) is 0 Å². The summed E-state index contributed by atoms with van der Waals surface area (Å²) in [5.74, 6) is -0.946. The summed E-state index contributed by atoms with van der Waals surface area (Å²) >= 11 is 0. The van der Waals surface area contributed by atoms with E-state index in [1.54, 1.807) is 0 Å². The zero-order valence-electron chi connectivity index (χ0n) is 24.4. The van der Waals surface area contributed by atoms with E-state index < -0.39 is 17.1 Å². The monoisotopic (exact) mass is 555 g/mol. The molecule has 1 fully saturated rings. The number of ether oxygens (including phenoxy) is 2. The molecule has 1 aliphatic carbocycles. The molecule has 1 atom stereocenters. The second kappa shape index (κ2) is 13.6. The zero-order valence-corrected chi connectivity index (χ0v) is 24.4. The first-order valence-corrected chi connectivity index (χ1v) is 14.5. The van der Waals surface area contributed by atoms with Crippen LogP contribution in [0.25, 0.3) is 11.1 Å². The molecule has 1 N–H and O–H groups in total. The molecule has 6 nitrogen and oxygen atoms in total. The van der Waals surface area contributed by atoms with E-state index in [1.165, 1.54) is 0 Å². The van der Waals surface area contributed by atoms with Crippen LogP contribution >= 0.6 is 0 Å². The molecule has 3 aromatic rings. The Kier molecular flexibility index (Phi) is 9.98. The maximum atomic E-state index is 13.8. The molecule has 0 aliphatic heterocycles. The van der Waals surface area contributed by atoms with Gasteiger partial charge in [-0.2, -0.15) is 0 Å². The van der Waals surface area contributed by atoms with Crippen LogP contribution in [0.5, 0.6) is 0 Å². The van der Waals surface area contributed by atoms with Crippen molar-refractivity contribution in [1.29, 1.82) is 0 Å². The second-order valence-corrected chi connectivity index (χ2v) is 12.0. The minimum absolute atomic E-state index is 0.0244. The molecule has 216 valence electrons. The number of esters is 2. The van der Waals surface area contributed by atoms with Gasteiger partial charge >= 0.3 is 11.9 Å². The molecule has 0 bridgehead atoms. The quantitative estimate of drug-likeness (QED) is 0.263. The van der Waals surface area contributed by atoms with Crippen molar-refractivity contribution >= 4 is 17.8 Å².